The second-order valence-electron chi connectivity index (χ2n) is 8.39. The van der Waals surface area contributed by atoms with Gasteiger partial charge in [0.1, 0.15) is 5.52 Å². The van der Waals surface area contributed by atoms with E-state index in [4.69, 9.17) is 14.7 Å². The van der Waals surface area contributed by atoms with Gasteiger partial charge in [0.2, 0.25) is 5.95 Å². The number of pyridine rings is 1. The molecule has 0 aliphatic carbocycles. The number of imidazole rings is 1. The Hall–Kier alpha value is -3.81. The molecule has 2 aromatic heterocycles. The molecule has 1 fully saturated rings. The Kier molecular flexibility index (Phi) is 7.70. The van der Waals surface area contributed by atoms with Crippen LogP contribution in [0.3, 0.4) is 0 Å². The molecule has 1 aliphatic rings. The van der Waals surface area contributed by atoms with Crippen LogP contribution in [-0.4, -0.2) is 71.3 Å². The third-order valence-electron chi connectivity index (χ3n) is 6.03. The summed E-state index contributed by atoms with van der Waals surface area (Å²) in [6, 6.07) is 10.7. The minimum Gasteiger partial charge on any atom is -0.385 e. The lowest BCUT2D eigenvalue weighted by molar-refractivity contribution is 0.0724. The van der Waals surface area contributed by atoms with E-state index in [0.29, 0.717) is 60.9 Å². The second-order valence-corrected chi connectivity index (χ2v) is 8.39. The number of likely N-dealkylation sites (tertiary alicyclic amines) is 1. The molecule has 1 unspecified atom stereocenters. The fourth-order valence-corrected chi connectivity index (χ4v) is 4.18. The van der Waals surface area contributed by atoms with Gasteiger partial charge in [-0.15, -0.1) is 0 Å². The fourth-order valence-electron chi connectivity index (χ4n) is 4.18. The van der Waals surface area contributed by atoms with Crippen LogP contribution in [0.5, 0.6) is 0 Å². The molecule has 0 bridgehead atoms. The minimum absolute atomic E-state index is 0.0455. The summed E-state index contributed by atoms with van der Waals surface area (Å²) >= 11 is 0. The molecule has 35 heavy (non-hydrogen) atoms. The van der Waals surface area contributed by atoms with Crippen LogP contribution in [0.2, 0.25) is 0 Å². The lowest BCUT2D eigenvalue weighted by Crippen LogP contribution is -2.30. The van der Waals surface area contributed by atoms with E-state index in [0.717, 1.165) is 12.0 Å². The number of nitrogens with one attached hydrogen (secondary N) is 1. The van der Waals surface area contributed by atoms with Gasteiger partial charge in [0.15, 0.2) is 5.65 Å². The summed E-state index contributed by atoms with van der Waals surface area (Å²) in [7, 11) is 3.28. The number of fused-ring (bicyclic) bond motifs is 1. The Morgan fingerprint density at radius 1 is 1.26 bits per heavy atom. The van der Waals surface area contributed by atoms with E-state index < -0.39 is 0 Å². The van der Waals surface area contributed by atoms with E-state index in [2.05, 4.69) is 21.4 Å². The highest BCUT2D eigenvalue weighted by Crippen LogP contribution is 2.22. The molecule has 0 radical (unpaired) electrons. The van der Waals surface area contributed by atoms with Gasteiger partial charge in [0, 0.05) is 52.2 Å². The topological polar surface area (TPSA) is 122 Å². The molecular formula is C25H28N6O4. The maximum Gasteiger partial charge on any atom is 0.257 e. The highest BCUT2D eigenvalue weighted by molar-refractivity contribution is 6.04. The number of carbonyl (C=O) groups is 2. The minimum atomic E-state index is -0.341. The van der Waals surface area contributed by atoms with E-state index in [9.17, 15) is 9.59 Å². The van der Waals surface area contributed by atoms with Gasteiger partial charge in [-0.2, -0.15) is 5.26 Å². The van der Waals surface area contributed by atoms with Crippen molar-refractivity contribution in [1.29, 1.82) is 5.26 Å². The van der Waals surface area contributed by atoms with Gasteiger partial charge in [-0.25, -0.2) is 9.97 Å². The molecule has 182 valence electrons. The molecule has 10 heteroatoms. The molecule has 1 atom stereocenters. The lowest BCUT2D eigenvalue weighted by atomic mass is 10.1. The molecule has 0 saturated carbocycles. The monoisotopic (exact) mass is 476 g/mol. The quantitative estimate of drug-likeness (QED) is 0.471. The fraction of sp³-hybridized carbons (Fsp3) is 0.400. The molecule has 1 N–H and O–H groups in total. The summed E-state index contributed by atoms with van der Waals surface area (Å²) in [5.41, 5.74) is 2.72. The first kappa shape index (κ1) is 24.3. The first-order valence-electron chi connectivity index (χ1n) is 11.5. The number of ether oxygens (including phenoxy) is 2. The van der Waals surface area contributed by atoms with Crippen LogP contribution in [0, 0.1) is 11.3 Å². The van der Waals surface area contributed by atoms with E-state index in [-0.39, 0.29) is 24.3 Å². The average Bonchev–Trinajstić information content (AvgIpc) is 3.48. The first-order valence-corrected chi connectivity index (χ1v) is 11.5. The maximum absolute atomic E-state index is 13.0. The van der Waals surface area contributed by atoms with Crippen molar-refractivity contribution in [3.05, 3.63) is 53.2 Å². The normalized spacial score (nSPS) is 15.3. The molecular weight excluding hydrogens is 448 g/mol. The molecule has 3 heterocycles. The van der Waals surface area contributed by atoms with E-state index >= 15 is 0 Å². The van der Waals surface area contributed by atoms with Crippen molar-refractivity contribution in [2.45, 2.75) is 31.9 Å². The van der Waals surface area contributed by atoms with Crippen LogP contribution < -0.4 is 5.32 Å². The van der Waals surface area contributed by atoms with Crippen LogP contribution >= 0.6 is 0 Å². The van der Waals surface area contributed by atoms with Crippen LogP contribution in [0.15, 0.2) is 36.5 Å². The zero-order valence-electron chi connectivity index (χ0n) is 19.9. The number of hydrogen-bond donors (Lipinski definition) is 1. The number of benzene rings is 1. The Morgan fingerprint density at radius 3 is 2.86 bits per heavy atom. The second kappa shape index (κ2) is 11.1. The average molecular weight is 477 g/mol. The van der Waals surface area contributed by atoms with Crippen molar-refractivity contribution in [3.63, 3.8) is 0 Å². The predicted molar refractivity (Wildman–Crippen MR) is 129 cm³/mol. The molecule has 10 nitrogen and oxygen atoms in total. The molecule has 4 rings (SSSR count). The Labute approximate surface area is 203 Å². The van der Waals surface area contributed by atoms with Gasteiger partial charge < -0.3 is 14.4 Å². The van der Waals surface area contributed by atoms with Crippen molar-refractivity contribution in [2.24, 2.45) is 0 Å². The highest BCUT2D eigenvalue weighted by Gasteiger charge is 2.27. The number of nitriles is 1. The van der Waals surface area contributed by atoms with Gasteiger partial charge in [0.05, 0.1) is 24.2 Å². The number of hydrogen-bond acceptors (Lipinski definition) is 7. The molecule has 1 aromatic carbocycles. The zero-order chi connectivity index (χ0) is 24.8. The molecule has 2 amide bonds. The van der Waals surface area contributed by atoms with Crippen molar-refractivity contribution < 1.29 is 19.1 Å². The number of rotatable bonds is 9. The van der Waals surface area contributed by atoms with Crippen molar-refractivity contribution in [2.75, 3.05) is 39.2 Å². The van der Waals surface area contributed by atoms with Crippen LogP contribution in [0.25, 0.3) is 11.2 Å². The Bertz CT molecular complexity index is 1260. The summed E-state index contributed by atoms with van der Waals surface area (Å²) < 4.78 is 12.4. The Balaban J connectivity index is 1.62. The number of nitrogens with zero attached hydrogens (tertiary/aromatic N) is 5. The zero-order valence-corrected chi connectivity index (χ0v) is 19.9. The highest BCUT2D eigenvalue weighted by atomic mass is 16.5. The summed E-state index contributed by atoms with van der Waals surface area (Å²) in [6.45, 7) is 2.24. The smallest absolute Gasteiger partial charge is 0.257 e. The number of anilines is 1. The third kappa shape index (κ3) is 5.48. The van der Waals surface area contributed by atoms with Gasteiger partial charge in [-0.3, -0.25) is 19.5 Å². The number of aryl methyl sites for hydroxylation is 1. The number of aromatic nitrogens is 3. The summed E-state index contributed by atoms with van der Waals surface area (Å²) in [5, 5.41) is 11.8. The van der Waals surface area contributed by atoms with Crippen LogP contribution in [0.4, 0.5) is 5.95 Å². The largest absolute Gasteiger partial charge is 0.385 e. The predicted octanol–water partition coefficient (Wildman–Crippen LogP) is 2.65. The Morgan fingerprint density at radius 2 is 2.11 bits per heavy atom. The maximum atomic E-state index is 13.0. The van der Waals surface area contributed by atoms with E-state index in [1.165, 1.54) is 0 Å². The van der Waals surface area contributed by atoms with Gasteiger partial charge in [-0.05, 0) is 36.6 Å². The number of carbonyl (C=O) groups excluding carboxylic acids is 2. The standard InChI is InChI=1S/C25H28N6O4/c1-34-12-4-10-31-22-21(14-19(15-27-22)24(33)30-11-8-20(16-30)35-2)28-25(31)29-23(32)18-6-3-5-17(13-18)7-9-26/h3,5-6,13-15,20H,4,7-8,10-12,16H2,1-2H3,(H,28,29,32). The van der Waals surface area contributed by atoms with Crippen molar-refractivity contribution in [1.82, 2.24) is 19.4 Å². The van der Waals surface area contributed by atoms with Crippen molar-refractivity contribution >= 4 is 28.9 Å². The van der Waals surface area contributed by atoms with Gasteiger partial charge >= 0.3 is 0 Å². The van der Waals surface area contributed by atoms with E-state index in [1.54, 1.807) is 55.6 Å². The van der Waals surface area contributed by atoms with Crippen molar-refractivity contribution in [3.8, 4) is 6.07 Å². The van der Waals surface area contributed by atoms with Crippen LogP contribution in [0.1, 0.15) is 39.1 Å². The summed E-state index contributed by atoms with van der Waals surface area (Å²) in [5.74, 6) is -0.121. The van der Waals surface area contributed by atoms with E-state index in [1.807, 2.05) is 4.57 Å². The molecule has 1 aliphatic heterocycles. The lowest BCUT2D eigenvalue weighted by Gasteiger charge is -2.16. The third-order valence-corrected chi connectivity index (χ3v) is 6.03. The van der Waals surface area contributed by atoms with Gasteiger partial charge in [0.25, 0.3) is 11.8 Å². The van der Waals surface area contributed by atoms with Gasteiger partial charge in [-0.1, -0.05) is 12.1 Å². The first-order chi connectivity index (χ1) is 17.0. The molecule has 3 aromatic rings. The number of methoxy groups -OCH3 is 2. The summed E-state index contributed by atoms with van der Waals surface area (Å²) in [4.78, 5) is 36.8. The van der Waals surface area contributed by atoms with Crippen LogP contribution in [-0.2, 0) is 22.4 Å². The molecule has 0 spiro atoms. The molecule has 1 saturated heterocycles. The SMILES string of the molecule is COCCCn1c(NC(=O)c2cccc(CC#N)c2)nc2cc(C(=O)N3CCC(OC)C3)cnc21. The summed E-state index contributed by atoms with van der Waals surface area (Å²) in [6.07, 6.45) is 3.31. The number of amides is 2.